The lowest BCUT2D eigenvalue weighted by Gasteiger charge is -2.10. The van der Waals surface area contributed by atoms with Crippen molar-refractivity contribution in [1.82, 2.24) is 24.1 Å². The Hall–Kier alpha value is -6.07. The lowest BCUT2D eigenvalue weighted by Crippen LogP contribution is -1.95. The summed E-state index contributed by atoms with van der Waals surface area (Å²) >= 11 is 0. The fraction of sp³-hybridized carbons (Fsp3) is 0. The van der Waals surface area contributed by atoms with Crippen LogP contribution in [0.4, 0.5) is 0 Å². The SMILES string of the molecule is c1ccc(-n2c3ccccc3c3cc4c5cc(-c6ccc(-c7ncncn7)cc6)ccc5n(-c5ccccc5)c4cc32)cc1. The van der Waals surface area contributed by atoms with Crippen LogP contribution in [-0.2, 0) is 0 Å². The highest BCUT2D eigenvalue weighted by molar-refractivity contribution is 6.19. The van der Waals surface area contributed by atoms with E-state index in [0.717, 1.165) is 22.5 Å². The van der Waals surface area contributed by atoms with Crippen LogP contribution in [0.1, 0.15) is 0 Å². The van der Waals surface area contributed by atoms with Crippen LogP contribution in [-0.4, -0.2) is 24.1 Å². The second-order valence-electron chi connectivity index (χ2n) is 11.0. The molecule has 0 radical (unpaired) electrons. The number of fused-ring (bicyclic) bond motifs is 6. The number of benzene rings is 6. The Balaban J connectivity index is 1.32. The molecular formula is C39H25N5. The number of nitrogens with zero attached hydrogens (tertiary/aromatic N) is 5. The van der Waals surface area contributed by atoms with Crippen molar-refractivity contribution in [3.8, 4) is 33.9 Å². The van der Waals surface area contributed by atoms with Crippen molar-refractivity contribution < 1.29 is 0 Å². The molecule has 3 heterocycles. The van der Waals surface area contributed by atoms with Crippen molar-refractivity contribution >= 4 is 43.6 Å². The van der Waals surface area contributed by atoms with Gasteiger partial charge in [-0.05, 0) is 65.7 Å². The summed E-state index contributed by atoms with van der Waals surface area (Å²) in [5, 5.41) is 4.95. The molecule has 0 atom stereocenters. The molecule has 44 heavy (non-hydrogen) atoms. The first kappa shape index (κ1) is 24.5. The minimum atomic E-state index is 0.673. The van der Waals surface area contributed by atoms with E-state index >= 15 is 0 Å². The third kappa shape index (κ3) is 3.76. The summed E-state index contributed by atoms with van der Waals surface area (Å²) in [5.74, 6) is 0.673. The average molecular weight is 564 g/mol. The van der Waals surface area contributed by atoms with Crippen LogP contribution in [0, 0.1) is 0 Å². The van der Waals surface area contributed by atoms with Gasteiger partial charge in [0.25, 0.3) is 0 Å². The first-order valence-electron chi connectivity index (χ1n) is 14.7. The maximum atomic E-state index is 4.30. The van der Waals surface area contributed by atoms with Gasteiger partial charge < -0.3 is 9.13 Å². The quantitative estimate of drug-likeness (QED) is 0.214. The van der Waals surface area contributed by atoms with E-state index in [4.69, 9.17) is 0 Å². The Kier molecular flexibility index (Phi) is 5.43. The van der Waals surface area contributed by atoms with E-state index in [0.29, 0.717) is 5.82 Å². The summed E-state index contributed by atoms with van der Waals surface area (Å²) in [6.07, 6.45) is 3.06. The Labute approximate surface area is 253 Å². The third-order valence-corrected chi connectivity index (χ3v) is 8.56. The number of hydrogen-bond donors (Lipinski definition) is 0. The molecule has 0 saturated carbocycles. The summed E-state index contributed by atoms with van der Waals surface area (Å²) in [7, 11) is 0. The van der Waals surface area contributed by atoms with E-state index in [9.17, 15) is 0 Å². The Morgan fingerprint density at radius 2 is 0.886 bits per heavy atom. The van der Waals surface area contributed by atoms with Gasteiger partial charge in [0.1, 0.15) is 12.7 Å². The second kappa shape index (κ2) is 9.75. The zero-order valence-corrected chi connectivity index (χ0v) is 23.7. The van der Waals surface area contributed by atoms with Gasteiger partial charge in [-0.15, -0.1) is 0 Å². The van der Waals surface area contributed by atoms with Crippen molar-refractivity contribution in [1.29, 1.82) is 0 Å². The van der Waals surface area contributed by atoms with E-state index < -0.39 is 0 Å². The Morgan fingerprint density at radius 1 is 0.364 bits per heavy atom. The molecule has 0 spiro atoms. The summed E-state index contributed by atoms with van der Waals surface area (Å²) < 4.78 is 4.78. The van der Waals surface area contributed by atoms with Gasteiger partial charge >= 0.3 is 0 Å². The molecular weight excluding hydrogens is 538 g/mol. The van der Waals surface area contributed by atoms with Crippen molar-refractivity contribution in [3.05, 3.63) is 152 Å². The summed E-state index contributed by atoms with van der Waals surface area (Å²) in [5.41, 5.74) is 10.3. The van der Waals surface area contributed by atoms with Crippen LogP contribution >= 0.6 is 0 Å². The lowest BCUT2D eigenvalue weighted by molar-refractivity contribution is 1.06. The van der Waals surface area contributed by atoms with E-state index in [1.54, 1.807) is 0 Å². The molecule has 9 rings (SSSR count). The highest BCUT2D eigenvalue weighted by Gasteiger charge is 2.19. The number of hydrogen-bond acceptors (Lipinski definition) is 3. The molecule has 0 fully saturated rings. The molecule has 5 heteroatoms. The van der Waals surface area contributed by atoms with Crippen LogP contribution in [0.25, 0.3) is 77.5 Å². The van der Waals surface area contributed by atoms with Gasteiger partial charge in [0.2, 0.25) is 0 Å². The predicted molar refractivity (Wildman–Crippen MR) is 179 cm³/mol. The molecule has 0 amide bonds. The molecule has 6 aromatic carbocycles. The molecule has 3 aromatic heterocycles. The van der Waals surface area contributed by atoms with Gasteiger partial charge in [0.05, 0.1) is 22.1 Å². The van der Waals surface area contributed by atoms with E-state index in [-0.39, 0.29) is 0 Å². The summed E-state index contributed by atoms with van der Waals surface area (Å²) in [6, 6.07) is 50.0. The van der Waals surface area contributed by atoms with Crippen LogP contribution in [0.15, 0.2) is 152 Å². The standard InChI is InChI=1S/C39H25N5/c1-3-9-29(10-4-1)43-35-14-8-7-13-31(35)33-22-34-32-21-28(26-15-17-27(18-16-26)39-41-24-40-25-42-39)19-20-36(32)44(38(34)23-37(33)43)30-11-5-2-6-12-30/h1-25H. The number of rotatable bonds is 4. The van der Waals surface area contributed by atoms with Crippen LogP contribution in [0.2, 0.25) is 0 Å². The molecule has 0 aliphatic carbocycles. The zero-order chi connectivity index (χ0) is 29.0. The van der Waals surface area contributed by atoms with Crippen molar-refractivity contribution in [3.63, 3.8) is 0 Å². The maximum absolute atomic E-state index is 4.30. The number of aromatic nitrogens is 5. The third-order valence-electron chi connectivity index (χ3n) is 8.56. The molecule has 0 aliphatic rings. The molecule has 0 saturated heterocycles. The van der Waals surface area contributed by atoms with Gasteiger partial charge in [-0.2, -0.15) is 0 Å². The van der Waals surface area contributed by atoms with Crippen LogP contribution in [0.5, 0.6) is 0 Å². The Morgan fingerprint density at radius 3 is 1.57 bits per heavy atom. The van der Waals surface area contributed by atoms with Crippen molar-refractivity contribution in [2.45, 2.75) is 0 Å². The van der Waals surface area contributed by atoms with Crippen LogP contribution < -0.4 is 0 Å². The predicted octanol–water partition coefficient (Wildman–Crippen LogP) is 9.40. The molecule has 0 bridgehead atoms. The fourth-order valence-corrected chi connectivity index (χ4v) is 6.57. The van der Waals surface area contributed by atoms with Crippen molar-refractivity contribution in [2.75, 3.05) is 0 Å². The summed E-state index contributed by atoms with van der Waals surface area (Å²) in [6.45, 7) is 0. The second-order valence-corrected chi connectivity index (χ2v) is 11.0. The van der Waals surface area contributed by atoms with Gasteiger partial charge in [-0.25, -0.2) is 15.0 Å². The van der Waals surface area contributed by atoms with E-state index in [2.05, 4.69) is 164 Å². The fourth-order valence-electron chi connectivity index (χ4n) is 6.57. The van der Waals surface area contributed by atoms with E-state index in [1.165, 1.54) is 61.8 Å². The van der Waals surface area contributed by atoms with Gasteiger partial charge in [-0.1, -0.05) is 84.9 Å². The van der Waals surface area contributed by atoms with E-state index in [1.807, 2.05) is 0 Å². The van der Waals surface area contributed by atoms with Crippen LogP contribution in [0.3, 0.4) is 0 Å². The average Bonchev–Trinajstić information content (AvgIpc) is 3.60. The highest BCUT2D eigenvalue weighted by atomic mass is 15.0. The zero-order valence-electron chi connectivity index (χ0n) is 23.7. The molecule has 206 valence electrons. The van der Waals surface area contributed by atoms with Gasteiger partial charge in [0.15, 0.2) is 5.82 Å². The lowest BCUT2D eigenvalue weighted by atomic mass is 10.0. The monoisotopic (exact) mass is 563 g/mol. The first-order valence-corrected chi connectivity index (χ1v) is 14.7. The highest BCUT2D eigenvalue weighted by Crippen LogP contribution is 2.40. The normalized spacial score (nSPS) is 11.6. The van der Waals surface area contributed by atoms with Crippen molar-refractivity contribution in [2.24, 2.45) is 0 Å². The minimum absolute atomic E-state index is 0.673. The Bertz CT molecular complexity index is 2460. The topological polar surface area (TPSA) is 48.5 Å². The number of para-hydroxylation sites is 3. The minimum Gasteiger partial charge on any atom is -0.309 e. The van der Waals surface area contributed by atoms with Gasteiger partial charge in [0, 0.05) is 38.5 Å². The van der Waals surface area contributed by atoms with Gasteiger partial charge in [-0.3, -0.25) is 0 Å². The maximum Gasteiger partial charge on any atom is 0.162 e. The smallest absolute Gasteiger partial charge is 0.162 e. The molecule has 5 nitrogen and oxygen atoms in total. The molecule has 9 aromatic rings. The first-order chi connectivity index (χ1) is 21.8. The molecule has 0 unspecified atom stereocenters. The molecule has 0 N–H and O–H groups in total. The largest absolute Gasteiger partial charge is 0.309 e. The summed E-state index contributed by atoms with van der Waals surface area (Å²) in [4.78, 5) is 12.5. The molecule has 0 aliphatic heterocycles.